The molecule has 5 heteroatoms. The van der Waals surface area contributed by atoms with Gasteiger partial charge in [-0.3, -0.25) is 9.59 Å². The molecular formula is C12H13NO3S. The highest BCUT2D eigenvalue weighted by atomic mass is 32.2. The highest BCUT2D eigenvalue weighted by Gasteiger charge is 2.22. The molecule has 1 aliphatic heterocycles. The average Bonchev–Trinajstić information content (AvgIpc) is 2.75. The molecule has 1 fully saturated rings. The second-order valence-electron chi connectivity index (χ2n) is 3.73. The molecule has 0 unspecified atom stereocenters. The minimum Gasteiger partial charge on any atom is -0.496 e. The number of nitrogens with zero attached hydrogens (tertiary/aromatic N) is 1. The minimum absolute atomic E-state index is 0.0866. The third-order valence-electron chi connectivity index (χ3n) is 2.65. The first-order valence-corrected chi connectivity index (χ1v) is 6.27. The van der Waals surface area contributed by atoms with Gasteiger partial charge < -0.3 is 9.64 Å². The van der Waals surface area contributed by atoms with E-state index in [1.165, 1.54) is 11.8 Å². The Bertz CT molecular complexity index is 447. The van der Waals surface area contributed by atoms with Crippen LogP contribution in [0.2, 0.25) is 0 Å². The fraction of sp³-hybridized carbons (Fsp3) is 0.333. The number of hydrogen-bond acceptors (Lipinski definition) is 4. The molecule has 0 aromatic heterocycles. The standard InChI is InChI=1S/C12H13NO3S/c1-16-11-3-2-9(8-14)6-10(11)7-13-4-5-17-12(13)15/h2-3,6,8H,4-5,7H2,1H3. The third-order valence-corrected chi connectivity index (χ3v) is 3.54. The number of benzene rings is 1. The maximum Gasteiger partial charge on any atom is 0.282 e. The molecule has 1 amide bonds. The number of aldehydes is 1. The van der Waals surface area contributed by atoms with Gasteiger partial charge in [0.15, 0.2) is 0 Å². The molecule has 1 saturated heterocycles. The lowest BCUT2D eigenvalue weighted by Crippen LogP contribution is -2.22. The molecule has 0 bridgehead atoms. The van der Waals surface area contributed by atoms with E-state index in [1.807, 2.05) is 0 Å². The number of thioether (sulfide) groups is 1. The van der Waals surface area contributed by atoms with Gasteiger partial charge >= 0.3 is 0 Å². The zero-order valence-electron chi connectivity index (χ0n) is 9.51. The van der Waals surface area contributed by atoms with Gasteiger partial charge in [-0.1, -0.05) is 11.8 Å². The van der Waals surface area contributed by atoms with E-state index in [-0.39, 0.29) is 5.24 Å². The normalized spacial score (nSPS) is 15.1. The van der Waals surface area contributed by atoms with Crippen LogP contribution in [0.1, 0.15) is 15.9 Å². The van der Waals surface area contributed by atoms with Crippen molar-refractivity contribution < 1.29 is 14.3 Å². The molecule has 0 N–H and O–H groups in total. The van der Waals surface area contributed by atoms with Crippen LogP contribution in [0, 0.1) is 0 Å². The zero-order valence-corrected chi connectivity index (χ0v) is 10.3. The lowest BCUT2D eigenvalue weighted by Gasteiger charge is -2.16. The van der Waals surface area contributed by atoms with Crippen LogP contribution < -0.4 is 4.74 Å². The Balaban J connectivity index is 2.23. The van der Waals surface area contributed by atoms with Crippen LogP contribution in [0.15, 0.2) is 18.2 Å². The highest BCUT2D eigenvalue weighted by Crippen LogP contribution is 2.25. The predicted octanol–water partition coefficient (Wildman–Crippen LogP) is 2.18. The maximum atomic E-state index is 11.5. The smallest absolute Gasteiger partial charge is 0.282 e. The summed E-state index contributed by atoms with van der Waals surface area (Å²) in [4.78, 5) is 24.0. The fourth-order valence-corrected chi connectivity index (χ4v) is 2.60. The molecule has 17 heavy (non-hydrogen) atoms. The fourth-order valence-electron chi connectivity index (χ4n) is 1.77. The molecule has 2 rings (SSSR count). The lowest BCUT2D eigenvalue weighted by atomic mass is 10.1. The number of rotatable bonds is 4. The van der Waals surface area contributed by atoms with Gasteiger partial charge in [-0.25, -0.2) is 0 Å². The van der Waals surface area contributed by atoms with Crippen molar-refractivity contribution in [2.24, 2.45) is 0 Å². The summed E-state index contributed by atoms with van der Waals surface area (Å²) >= 11 is 1.32. The van der Waals surface area contributed by atoms with Crippen molar-refractivity contribution in [2.75, 3.05) is 19.4 Å². The molecule has 1 aromatic carbocycles. The Kier molecular flexibility index (Phi) is 3.68. The first-order valence-electron chi connectivity index (χ1n) is 5.28. The molecule has 1 aromatic rings. The van der Waals surface area contributed by atoms with Crippen molar-refractivity contribution in [3.8, 4) is 5.75 Å². The molecule has 0 aliphatic carbocycles. The number of methoxy groups -OCH3 is 1. The van der Waals surface area contributed by atoms with E-state index in [0.29, 0.717) is 17.9 Å². The third kappa shape index (κ3) is 2.61. The SMILES string of the molecule is COc1ccc(C=O)cc1CN1CCSC1=O. The van der Waals surface area contributed by atoms with Crippen LogP contribution >= 0.6 is 11.8 Å². The molecule has 1 heterocycles. The molecule has 4 nitrogen and oxygen atoms in total. The van der Waals surface area contributed by atoms with Crippen LogP contribution in [0.4, 0.5) is 4.79 Å². The second kappa shape index (κ2) is 5.23. The summed E-state index contributed by atoms with van der Waals surface area (Å²) in [5.41, 5.74) is 1.47. The largest absolute Gasteiger partial charge is 0.496 e. The summed E-state index contributed by atoms with van der Waals surface area (Å²) in [7, 11) is 1.58. The Morgan fingerprint density at radius 1 is 1.53 bits per heavy atom. The van der Waals surface area contributed by atoms with Gasteiger partial charge in [-0.05, 0) is 18.2 Å². The number of ether oxygens (including phenoxy) is 1. The Hall–Kier alpha value is -1.49. The molecular weight excluding hydrogens is 238 g/mol. The summed E-state index contributed by atoms with van der Waals surface area (Å²) < 4.78 is 5.23. The molecule has 90 valence electrons. The van der Waals surface area contributed by atoms with E-state index in [1.54, 1.807) is 30.2 Å². The molecule has 0 atom stereocenters. The summed E-state index contributed by atoms with van der Waals surface area (Å²) in [6, 6.07) is 5.23. The van der Waals surface area contributed by atoms with E-state index in [0.717, 1.165) is 24.1 Å². The van der Waals surface area contributed by atoms with Crippen molar-refractivity contribution in [3.05, 3.63) is 29.3 Å². The van der Waals surface area contributed by atoms with Crippen LogP contribution in [0.25, 0.3) is 0 Å². The van der Waals surface area contributed by atoms with Crippen LogP contribution in [0.5, 0.6) is 5.75 Å². The number of carbonyl (C=O) groups excluding carboxylic acids is 2. The summed E-state index contributed by atoms with van der Waals surface area (Å²) in [5, 5.41) is 0.0866. The summed E-state index contributed by atoms with van der Waals surface area (Å²) in [6.45, 7) is 1.24. The average molecular weight is 251 g/mol. The first kappa shape index (κ1) is 12.0. The van der Waals surface area contributed by atoms with Gasteiger partial charge in [0, 0.05) is 23.4 Å². The van der Waals surface area contributed by atoms with Gasteiger partial charge in [-0.15, -0.1) is 0 Å². The Morgan fingerprint density at radius 2 is 2.35 bits per heavy atom. The van der Waals surface area contributed by atoms with E-state index < -0.39 is 0 Å². The first-order chi connectivity index (χ1) is 8.24. The summed E-state index contributed by atoms with van der Waals surface area (Å²) in [5.74, 6) is 1.54. The van der Waals surface area contributed by atoms with Gasteiger partial charge in [-0.2, -0.15) is 0 Å². The van der Waals surface area contributed by atoms with Crippen LogP contribution in [-0.2, 0) is 6.54 Å². The second-order valence-corrected chi connectivity index (χ2v) is 4.77. The topological polar surface area (TPSA) is 46.6 Å². The number of amides is 1. The zero-order chi connectivity index (χ0) is 12.3. The van der Waals surface area contributed by atoms with Gasteiger partial charge in [0.05, 0.1) is 13.7 Å². The molecule has 0 spiro atoms. The van der Waals surface area contributed by atoms with Gasteiger partial charge in [0.2, 0.25) is 0 Å². The molecule has 0 saturated carbocycles. The van der Waals surface area contributed by atoms with Crippen molar-refractivity contribution in [2.45, 2.75) is 6.54 Å². The van der Waals surface area contributed by atoms with Crippen LogP contribution in [0.3, 0.4) is 0 Å². The highest BCUT2D eigenvalue weighted by molar-refractivity contribution is 8.13. The maximum absolute atomic E-state index is 11.5. The monoisotopic (exact) mass is 251 g/mol. The van der Waals surface area contributed by atoms with E-state index in [4.69, 9.17) is 4.74 Å². The quantitative estimate of drug-likeness (QED) is 0.769. The van der Waals surface area contributed by atoms with E-state index in [2.05, 4.69) is 0 Å². The molecule has 0 radical (unpaired) electrons. The van der Waals surface area contributed by atoms with E-state index >= 15 is 0 Å². The number of hydrogen-bond donors (Lipinski definition) is 0. The summed E-state index contributed by atoms with van der Waals surface area (Å²) in [6.07, 6.45) is 0.795. The van der Waals surface area contributed by atoms with Crippen molar-refractivity contribution >= 4 is 23.3 Å². The van der Waals surface area contributed by atoms with Gasteiger partial charge in [0.25, 0.3) is 5.24 Å². The van der Waals surface area contributed by atoms with Crippen LogP contribution in [-0.4, -0.2) is 35.8 Å². The Morgan fingerprint density at radius 3 is 2.94 bits per heavy atom. The van der Waals surface area contributed by atoms with Crippen molar-refractivity contribution in [3.63, 3.8) is 0 Å². The minimum atomic E-state index is 0.0866. The van der Waals surface area contributed by atoms with Crippen molar-refractivity contribution in [1.82, 2.24) is 4.90 Å². The Labute approximate surface area is 104 Å². The molecule has 1 aliphatic rings. The predicted molar refractivity (Wildman–Crippen MR) is 66.6 cm³/mol. The number of carbonyl (C=O) groups is 2. The lowest BCUT2D eigenvalue weighted by molar-refractivity contribution is 0.112. The van der Waals surface area contributed by atoms with Crippen molar-refractivity contribution in [1.29, 1.82) is 0 Å². The van der Waals surface area contributed by atoms with E-state index in [9.17, 15) is 9.59 Å². The van der Waals surface area contributed by atoms with Gasteiger partial charge in [0.1, 0.15) is 12.0 Å².